The van der Waals surface area contributed by atoms with Gasteiger partial charge in [0.25, 0.3) is 11.1 Å². The number of rotatable bonds is 5. The van der Waals surface area contributed by atoms with E-state index in [1.807, 2.05) is 103 Å². The van der Waals surface area contributed by atoms with Gasteiger partial charge in [0.1, 0.15) is 5.82 Å². The molecular formula is C53H90IN5O3. The summed E-state index contributed by atoms with van der Waals surface area (Å²) in [6.45, 7) is 45.6. The number of aromatic amines is 2. The first-order chi connectivity index (χ1) is 28.8. The number of piperidine rings is 1. The van der Waals surface area contributed by atoms with E-state index in [0.29, 0.717) is 23.6 Å². The number of hydrogen-bond donors (Lipinski definition) is 2. The molecule has 0 amide bonds. The molecule has 0 spiro atoms. The van der Waals surface area contributed by atoms with E-state index in [-0.39, 0.29) is 22.5 Å². The molecule has 352 valence electrons. The van der Waals surface area contributed by atoms with Crippen molar-refractivity contribution in [2.24, 2.45) is 18.9 Å². The Morgan fingerprint density at radius 3 is 1.50 bits per heavy atom. The Labute approximate surface area is 392 Å². The predicted molar refractivity (Wildman–Crippen MR) is 280 cm³/mol. The zero-order valence-corrected chi connectivity index (χ0v) is 45.8. The Morgan fingerprint density at radius 1 is 0.645 bits per heavy atom. The normalized spacial score (nSPS) is 12.4. The topological polar surface area (TPSA) is 104 Å². The molecule has 0 aliphatic carbocycles. The number of benzene rings is 1. The van der Waals surface area contributed by atoms with Gasteiger partial charge in [0.2, 0.25) is 0 Å². The van der Waals surface area contributed by atoms with Crippen LogP contribution in [0.3, 0.4) is 0 Å². The van der Waals surface area contributed by atoms with E-state index in [1.165, 1.54) is 37.1 Å². The first-order valence-corrected chi connectivity index (χ1v) is 24.3. The third-order valence-electron chi connectivity index (χ3n) is 11.0. The van der Waals surface area contributed by atoms with E-state index in [9.17, 15) is 14.4 Å². The molecule has 0 unspecified atom stereocenters. The lowest BCUT2D eigenvalue weighted by Gasteiger charge is -2.31. The number of likely N-dealkylation sites (tertiary alicyclic amines) is 1. The van der Waals surface area contributed by atoms with Crippen molar-refractivity contribution in [3.63, 3.8) is 0 Å². The van der Waals surface area contributed by atoms with Crippen LogP contribution in [0.4, 0.5) is 0 Å². The second kappa shape index (κ2) is 30.7. The van der Waals surface area contributed by atoms with Gasteiger partial charge in [0, 0.05) is 46.4 Å². The molecule has 1 fully saturated rings. The maximum absolute atomic E-state index is 12.0. The zero-order valence-electron chi connectivity index (χ0n) is 43.6. The molecule has 4 aromatic rings. The second-order valence-corrected chi connectivity index (χ2v) is 18.7. The minimum absolute atomic E-state index is 0.00463. The van der Waals surface area contributed by atoms with Crippen molar-refractivity contribution in [2.45, 2.75) is 182 Å². The molecule has 1 aromatic carbocycles. The highest BCUT2D eigenvalue weighted by atomic mass is 127. The van der Waals surface area contributed by atoms with Crippen molar-refractivity contribution >= 4 is 22.6 Å². The highest BCUT2D eigenvalue weighted by Crippen LogP contribution is 2.23. The lowest BCUT2D eigenvalue weighted by atomic mass is 9.87. The predicted octanol–water partition coefficient (Wildman–Crippen LogP) is 13.5. The van der Waals surface area contributed by atoms with Gasteiger partial charge in [-0.3, -0.25) is 14.4 Å². The van der Waals surface area contributed by atoms with Gasteiger partial charge in [-0.05, 0) is 162 Å². The molecule has 0 saturated carbocycles. The van der Waals surface area contributed by atoms with Gasteiger partial charge in [0.15, 0.2) is 5.43 Å². The van der Waals surface area contributed by atoms with E-state index >= 15 is 0 Å². The summed E-state index contributed by atoms with van der Waals surface area (Å²) in [4.78, 5) is 47.0. The summed E-state index contributed by atoms with van der Waals surface area (Å²) in [5, 5.41) is 0. The van der Waals surface area contributed by atoms with Gasteiger partial charge in [-0.25, -0.2) is 4.98 Å². The smallest absolute Gasteiger partial charge is 0.254 e. The van der Waals surface area contributed by atoms with Crippen molar-refractivity contribution in [2.75, 3.05) is 20.1 Å². The molecule has 0 atom stereocenters. The van der Waals surface area contributed by atoms with Gasteiger partial charge in [-0.2, -0.15) is 0 Å². The van der Waals surface area contributed by atoms with Crippen molar-refractivity contribution in [3.05, 3.63) is 127 Å². The molecule has 1 aliphatic rings. The summed E-state index contributed by atoms with van der Waals surface area (Å²) in [7, 11) is 4.23. The summed E-state index contributed by atoms with van der Waals surface area (Å²) in [5.74, 6) is 4.06. The Bertz CT molecular complexity index is 1990. The summed E-state index contributed by atoms with van der Waals surface area (Å²) in [5.41, 5.74) is 10.6. The standard InChI is InChI=1S/C11H16INO.C10H15NO.C10H14.C9H14N2O.C9H19N.2C2H6/c1-6(2)9-8(4)13(5)11(12)7(3)10(9)14;1-6(2)9-7(3)5-8(4)11-10(9)12;1-8(2)10-7-5-4-6-9(10)3;1-5(2)8-6(3)10-7(4)11-9(8)12;1-8(2)9-4-6-10(3)7-5-9;2*1-2/h6H,1-5H3;5-6H,1-4H3,(H,11,12);4-8H,1-3H3;5H,1-4H3,(H,10,11,12);8-9H,4-7H2,1-3H3;2*1-2H3. The average molecular weight is 972 g/mol. The Kier molecular flexibility index (Phi) is 30.1. The molecule has 1 saturated heterocycles. The molecule has 8 nitrogen and oxygen atoms in total. The first-order valence-electron chi connectivity index (χ1n) is 23.2. The number of hydrogen-bond acceptors (Lipinski definition) is 5. The van der Waals surface area contributed by atoms with Crippen molar-refractivity contribution in [3.8, 4) is 0 Å². The highest BCUT2D eigenvalue weighted by molar-refractivity contribution is 14.1. The van der Waals surface area contributed by atoms with Crippen LogP contribution in [-0.4, -0.2) is 44.6 Å². The largest absolute Gasteiger partial charge is 0.343 e. The fourth-order valence-electron chi connectivity index (χ4n) is 7.65. The number of pyridine rings is 2. The maximum atomic E-state index is 12.0. The molecule has 0 radical (unpaired) electrons. The van der Waals surface area contributed by atoms with Crippen LogP contribution in [0.5, 0.6) is 0 Å². The number of halogens is 1. The number of aromatic nitrogens is 4. The lowest BCUT2D eigenvalue weighted by molar-refractivity contribution is 0.185. The molecule has 2 N–H and O–H groups in total. The van der Waals surface area contributed by atoms with Crippen LogP contribution in [0, 0.1) is 64.0 Å². The lowest BCUT2D eigenvalue weighted by Crippen LogP contribution is -2.32. The van der Waals surface area contributed by atoms with E-state index < -0.39 is 0 Å². The van der Waals surface area contributed by atoms with Gasteiger partial charge in [0.05, 0.1) is 3.70 Å². The number of nitrogens with one attached hydrogen (secondary N) is 2. The molecule has 5 rings (SSSR count). The van der Waals surface area contributed by atoms with Crippen LogP contribution in [0.1, 0.15) is 195 Å². The zero-order chi connectivity index (χ0) is 48.8. The number of aryl methyl sites for hydroxylation is 5. The van der Waals surface area contributed by atoms with E-state index in [4.69, 9.17) is 0 Å². The third kappa shape index (κ3) is 20.0. The molecule has 9 heteroatoms. The van der Waals surface area contributed by atoms with E-state index in [1.54, 1.807) is 6.92 Å². The van der Waals surface area contributed by atoms with Gasteiger partial charge in [-0.15, -0.1) is 0 Å². The van der Waals surface area contributed by atoms with Crippen LogP contribution >= 0.6 is 22.6 Å². The van der Waals surface area contributed by atoms with Crippen LogP contribution in [0.2, 0.25) is 0 Å². The SMILES string of the molecule is CC.CC.CC(C)C1CCN(C)CC1.Cc1c(I)n(C)c(C)c(C(C)C)c1=O.Cc1cc(C)c(C(C)C)c(=O)[nH]1.Cc1ccccc1C(C)C.Cc1nc(C)c(C(C)C)c(=O)[nH]1. The molecule has 1 aliphatic heterocycles. The van der Waals surface area contributed by atoms with Crippen LogP contribution < -0.4 is 16.5 Å². The fraction of sp³-hybridized carbons (Fsp3) is 0.623. The minimum Gasteiger partial charge on any atom is -0.343 e. The number of H-pyrrole nitrogens is 2. The van der Waals surface area contributed by atoms with Crippen LogP contribution in [0.15, 0.2) is 44.7 Å². The monoisotopic (exact) mass is 972 g/mol. The van der Waals surface area contributed by atoms with Crippen LogP contribution in [0.25, 0.3) is 0 Å². The summed E-state index contributed by atoms with van der Waals surface area (Å²) in [6.07, 6.45) is 2.82. The summed E-state index contributed by atoms with van der Waals surface area (Å²) < 4.78 is 3.13. The van der Waals surface area contributed by atoms with E-state index in [2.05, 4.69) is 127 Å². The number of nitrogens with zero attached hydrogens (tertiary/aromatic N) is 3. The quantitative estimate of drug-likeness (QED) is 0.153. The average Bonchev–Trinajstić information content (AvgIpc) is 3.18. The third-order valence-corrected chi connectivity index (χ3v) is 12.5. The Hall–Kier alpha value is -3.31. The first kappa shape index (κ1) is 60.8. The van der Waals surface area contributed by atoms with Gasteiger partial charge in [-0.1, -0.05) is 121 Å². The van der Waals surface area contributed by atoms with Crippen molar-refractivity contribution in [1.29, 1.82) is 0 Å². The Morgan fingerprint density at radius 2 is 1.11 bits per heavy atom. The Balaban J connectivity index is 0. The molecular weight excluding hydrogens is 882 g/mol. The van der Waals surface area contributed by atoms with Crippen LogP contribution in [-0.2, 0) is 7.05 Å². The van der Waals surface area contributed by atoms with Gasteiger partial charge < -0.3 is 19.4 Å². The second-order valence-electron chi connectivity index (χ2n) is 17.7. The maximum Gasteiger partial charge on any atom is 0.254 e. The molecule has 4 heterocycles. The van der Waals surface area contributed by atoms with Gasteiger partial charge >= 0.3 is 0 Å². The summed E-state index contributed by atoms with van der Waals surface area (Å²) in [6, 6.07) is 10.6. The molecule has 3 aromatic heterocycles. The molecule has 62 heavy (non-hydrogen) atoms. The van der Waals surface area contributed by atoms with Crippen molar-refractivity contribution < 1.29 is 0 Å². The fourth-order valence-corrected chi connectivity index (χ4v) is 8.25. The minimum atomic E-state index is -0.00463. The van der Waals surface area contributed by atoms with Crippen molar-refractivity contribution in [1.82, 2.24) is 24.4 Å². The molecule has 0 bridgehead atoms. The summed E-state index contributed by atoms with van der Waals surface area (Å²) >= 11 is 2.22. The van der Waals surface area contributed by atoms with E-state index in [0.717, 1.165) is 60.4 Å². The highest BCUT2D eigenvalue weighted by Gasteiger charge is 2.19.